The van der Waals surface area contributed by atoms with Crippen molar-refractivity contribution in [2.24, 2.45) is 0 Å². The summed E-state index contributed by atoms with van der Waals surface area (Å²) >= 11 is 0. The minimum atomic E-state index is -0.783. The van der Waals surface area contributed by atoms with E-state index in [0.717, 1.165) is 11.1 Å². The zero-order chi connectivity index (χ0) is 10.8. The van der Waals surface area contributed by atoms with E-state index in [1.54, 1.807) is 6.08 Å². The van der Waals surface area contributed by atoms with Gasteiger partial charge < -0.3 is 9.84 Å². The topological polar surface area (TPSA) is 46.5 Å². The van der Waals surface area contributed by atoms with Gasteiger partial charge in [-0.15, -0.1) is 0 Å². The van der Waals surface area contributed by atoms with Crippen molar-refractivity contribution in [2.75, 3.05) is 0 Å². The molecule has 0 saturated heterocycles. The molecule has 0 bridgehead atoms. The SMILES string of the molecule is Cc1ccccc1[C@H](O)[C@H]1C=CC(=O)O1. The number of aliphatic hydroxyl groups excluding tert-OH is 1. The second-order valence-electron chi connectivity index (χ2n) is 3.56. The normalized spacial score (nSPS) is 21.5. The lowest BCUT2D eigenvalue weighted by molar-refractivity contribution is -0.142. The fourth-order valence-electron chi connectivity index (χ4n) is 1.65. The van der Waals surface area contributed by atoms with Gasteiger partial charge in [0.2, 0.25) is 0 Å². The Kier molecular flexibility index (Phi) is 2.56. The number of aryl methyl sites for hydroxylation is 1. The van der Waals surface area contributed by atoms with E-state index >= 15 is 0 Å². The van der Waals surface area contributed by atoms with Crippen LogP contribution in [0.2, 0.25) is 0 Å². The molecule has 3 heteroatoms. The number of hydrogen-bond acceptors (Lipinski definition) is 3. The van der Waals surface area contributed by atoms with E-state index in [9.17, 15) is 9.90 Å². The van der Waals surface area contributed by atoms with Crippen LogP contribution < -0.4 is 0 Å². The molecule has 1 aliphatic heterocycles. The predicted octanol–water partition coefficient (Wildman–Crippen LogP) is 1.51. The molecule has 3 nitrogen and oxygen atoms in total. The Balaban J connectivity index is 2.22. The summed E-state index contributed by atoms with van der Waals surface area (Å²) in [4.78, 5) is 10.9. The van der Waals surface area contributed by atoms with Gasteiger partial charge in [0.1, 0.15) is 6.10 Å². The molecule has 0 fully saturated rings. The number of rotatable bonds is 2. The summed E-state index contributed by atoms with van der Waals surface area (Å²) in [6.45, 7) is 1.92. The third-order valence-electron chi connectivity index (χ3n) is 2.49. The van der Waals surface area contributed by atoms with Gasteiger partial charge >= 0.3 is 5.97 Å². The van der Waals surface area contributed by atoms with Gasteiger partial charge in [-0.3, -0.25) is 0 Å². The largest absolute Gasteiger partial charge is 0.452 e. The van der Waals surface area contributed by atoms with Crippen LogP contribution in [0.3, 0.4) is 0 Å². The standard InChI is InChI=1S/C12H12O3/c1-8-4-2-3-5-9(8)12(14)10-6-7-11(13)15-10/h2-7,10,12,14H,1H3/t10-,12+/m1/s1. The predicted molar refractivity (Wildman–Crippen MR) is 55.2 cm³/mol. The Morgan fingerprint density at radius 3 is 2.73 bits per heavy atom. The fraction of sp³-hybridized carbons (Fsp3) is 0.250. The molecule has 0 unspecified atom stereocenters. The summed E-state index contributed by atoms with van der Waals surface area (Å²) in [7, 11) is 0. The first-order valence-electron chi connectivity index (χ1n) is 4.81. The maximum Gasteiger partial charge on any atom is 0.331 e. The molecule has 15 heavy (non-hydrogen) atoms. The third kappa shape index (κ3) is 1.92. The van der Waals surface area contributed by atoms with Gasteiger partial charge in [-0.25, -0.2) is 4.79 Å². The van der Waals surface area contributed by atoms with Gasteiger partial charge in [0.05, 0.1) is 0 Å². The number of esters is 1. The van der Waals surface area contributed by atoms with Crippen molar-refractivity contribution in [3.05, 3.63) is 47.5 Å². The van der Waals surface area contributed by atoms with Crippen molar-refractivity contribution in [3.8, 4) is 0 Å². The molecule has 0 aromatic heterocycles. The highest BCUT2D eigenvalue weighted by atomic mass is 16.6. The molecule has 0 radical (unpaired) electrons. The molecule has 0 aliphatic carbocycles. The molecule has 1 aromatic rings. The molecule has 1 aromatic carbocycles. The minimum Gasteiger partial charge on any atom is -0.452 e. The monoisotopic (exact) mass is 204 g/mol. The average molecular weight is 204 g/mol. The fourth-order valence-corrected chi connectivity index (χ4v) is 1.65. The van der Waals surface area contributed by atoms with E-state index in [1.165, 1.54) is 6.08 Å². The quantitative estimate of drug-likeness (QED) is 0.743. The molecule has 0 amide bonds. The molecular weight excluding hydrogens is 192 g/mol. The zero-order valence-corrected chi connectivity index (χ0v) is 8.38. The van der Waals surface area contributed by atoms with E-state index in [0.29, 0.717) is 0 Å². The van der Waals surface area contributed by atoms with E-state index in [4.69, 9.17) is 4.74 Å². The molecule has 2 rings (SSSR count). The van der Waals surface area contributed by atoms with Crippen LogP contribution in [0.5, 0.6) is 0 Å². The second-order valence-corrected chi connectivity index (χ2v) is 3.56. The number of carbonyl (C=O) groups is 1. The average Bonchev–Trinajstić information content (AvgIpc) is 2.65. The number of cyclic esters (lactones) is 1. The second kappa shape index (κ2) is 3.87. The molecule has 1 heterocycles. The maximum atomic E-state index is 10.9. The number of benzene rings is 1. The number of hydrogen-bond donors (Lipinski definition) is 1. The summed E-state index contributed by atoms with van der Waals surface area (Å²) < 4.78 is 4.93. The van der Waals surface area contributed by atoms with Crippen molar-refractivity contribution in [1.29, 1.82) is 0 Å². The van der Waals surface area contributed by atoms with Crippen LogP contribution >= 0.6 is 0 Å². The molecular formula is C12H12O3. The van der Waals surface area contributed by atoms with Gasteiger partial charge in [-0.2, -0.15) is 0 Å². The molecule has 0 spiro atoms. The lowest BCUT2D eigenvalue weighted by atomic mass is 10.00. The van der Waals surface area contributed by atoms with E-state index in [1.807, 2.05) is 31.2 Å². The number of ether oxygens (including phenoxy) is 1. The molecule has 0 saturated carbocycles. The van der Waals surface area contributed by atoms with Crippen LogP contribution in [0.25, 0.3) is 0 Å². The van der Waals surface area contributed by atoms with Crippen LogP contribution in [0, 0.1) is 6.92 Å². The smallest absolute Gasteiger partial charge is 0.331 e. The van der Waals surface area contributed by atoms with Crippen molar-refractivity contribution < 1.29 is 14.6 Å². The van der Waals surface area contributed by atoms with Gasteiger partial charge in [-0.1, -0.05) is 24.3 Å². The van der Waals surface area contributed by atoms with E-state index < -0.39 is 18.2 Å². The zero-order valence-electron chi connectivity index (χ0n) is 8.38. The highest BCUT2D eigenvalue weighted by Gasteiger charge is 2.26. The van der Waals surface area contributed by atoms with Crippen LogP contribution in [0.15, 0.2) is 36.4 Å². The summed E-state index contributed by atoms with van der Waals surface area (Å²) in [5.41, 5.74) is 1.78. The van der Waals surface area contributed by atoms with Crippen LogP contribution in [0.1, 0.15) is 17.2 Å². The van der Waals surface area contributed by atoms with Crippen LogP contribution in [-0.4, -0.2) is 17.2 Å². The Bertz CT molecular complexity index is 409. The third-order valence-corrected chi connectivity index (χ3v) is 2.49. The molecule has 1 aliphatic rings. The molecule has 78 valence electrons. The van der Waals surface area contributed by atoms with Crippen LogP contribution in [-0.2, 0) is 9.53 Å². The van der Waals surface area contributed by atoms with E-state index in [2.05, 4.69) is 0 Å². The highest BCUT2D eigenvalue weighted by molar-refractivity contribution is 5.84. The van der Waals surface area contributed by atoms with Gasteiger partial charge in [0, 0.05) is 6.08 Å². The number of aliphatic hydroxyl groups is 1. The molecule has 1 N–H and O–H groups in total. The summed E-state index contributed by atoms with van der Waals surface area (Å²) in [6, 6.07) is 7.51. The minimum absolute atomic E-state index is 0.396. The highest BCUT2D eigenvalue weighted by Crippen LogP contribution is 2.25. The Labute approximate surface area is 88.0 Å². The number of carbonyl (C=O) groups excluding carboxylic acids is 1. The summed E-state index contributed by atoms with van der Waals surface area (Å²) in [5.74, 6) is -0.396. The maximum absolute atomic E-state index is 10.9. The van der Waals surface area contributed by atoms with E-state index in [-0.39, 0.29) is 0 Å². The van der Waals surface area contributed by atoms with Crippen molar-refractivity contribution in [3.63, 3.8) is 0 Å². The van der Waals surface area contributed by atoms with Gasteiger partial charge in [-0.05, 0) is 24.1 Å². The van der Waals surface area contributed by atoms with Gasteiger partial charge in [0.25, 0.3) is 0 Å². The first kappa shape index (κ1) is 9.93. The van der Waals surface area contributed by atoms with Crippen LogP contribution in [0.4, 0.5) is 0 Å². The molecule has 2 atom stereocenters. The summed E-state index contributed by atoms with van der Waals surface area (Å²) in [5, 5.41) is 9.99. The lowest BCUT2D eigenvalue weighted by Gasteiger charge is -2.18. The Morgan fingerprint density at radius 2 is 2.13 bits per heavy atom. The first-order valence-corrected chi connectivity index (χ1v) is 4.81. The lowest BCUT2D eigenvalue weighted by Crippen LogP contribution is -2.18. The summed E-state index contributed by atoms with van der Waals surface area (Å²) in [6.07, 6.45) is 1.58. The van der Waals surface area contributed by atoms with Gasteiger partial charge in [0.15, 0.2) is 6.10 Å². The van der Waals surface area contributed by atoms with Crippen molar-refractivity contribution in [2.45, 2.75) is 19.1 Å². The van der Waals surface area contributed by atoms with Crippen molar-refractivity contribution >= 4 is 5.97 Å². The Hall–Kier alpha value is -1.61. The Morgan fingerprint density at radius 1 is 1.40 bits per heavy atom. The first-order chi connectivity index (χ1) is 7.18. The van der Waals surface area contributed by atoms with Crippen molar-refractivity contribution in [1.82, 2.24) is 0 Å².